The third-order valence-corrected chi connectivity index (χ3v) is 4.93. The Morgan fingerprint density at radius 1 is 1.06 bits per heavy atom. The first-order valence-corrected chi connectivity index (χ1v) is 10.1. The molecule has 1 aromatic heterocycles. The van der Waals surface area contributed by atoms with Crippen LogP contribution in [0.3, 0.4) is 0 Å². The van der Waals surface area contributed by atoms with Crippen LogP contribution in [0.2, 0.25) is 0 Å². The lowest BCUT2D eigenvalue weighted by Gasteiger charge is -2.19. The van der Waals surface area contributed by atoms with Gasteiger partial charge in [0, 0.05) is 18.7 Å². The first-order valence-electron chi connectivity index (χ1n) is 10.1. The van der Waals surface area contributed by atoms with Gasteiger partial charge in [0.1, 0.15) is 11.3 Å². The highest BCUT2D eigenvalue weighted by molar-refractivity contribution is 6.00. The van der Waals surface area contributed by atoms with Crippen molar-refractivity contribution in [1.29, 1.82) is 0 Å². The minimum absolute atomic E-state index is 0.0401. The molecule has 2 aromatic carbocycles. The van der Waals surface area contributed by atoms with Gasteiger partial charge in [-0.15, -0.1) is 0 Å². The standard InChI is InChI=1S/C23H26F3N3O3/c1-14-11-19(31-3)29-21-17(28-10-5-4-9-27)13-18(30-2)22(20(14)21)32-16-8-6-7-15(12-16)23(24,25)26/h6-8,11-13,28H,4-5,9-10,27H2,1-3H3. The Hall–Kier alpha value is -3.20. The van der Waals surface area contributed by atoms with Crippen molar-refractivity contribution in [2.75, 3.05) is 32.6 Å². The number of ether oxygens (including phenoxy) is 3. The Labute approximate surface area is 184 Å². The summed E-state index contributed by atoms with van der Waals surface area (Å²) in [5.74, 6) is 1.10. The van der Waals surface area contributed by atoms with E-state index in [1.165, 1.54) is 26.4 Å². The summed E-state index contributed by atoms with van der Waals surface area (Å²) in [5, 5.41) is 3.95. The second kappa shape index (κ2) is 9.95. The molecule has 0 atom stereocenters. The van der Waals surface area contributed by atoms with Crippen LogP contribution in [-0.4, -0.2) is 32.3 Å². The molecule has 0 aliphatic carbocycles. The van der Waals surface area contributed by atoms with Crippen LogP contribution in [0.15, 0.2) is 36.4 Å². The lowest BCUT2D eigenvalue weighted by Crippen LogP contribution is -2.07. The predicted molar refractivity (Wildman–Crippen MR) is 118 cm³/mol. The van der Waals surface area contributed by atoms with E-state index in [-0.39, 0.29) is 11.5 Å². The molecule has 0 bridgehead atoms. The molecular formula is C23H26F3N3O3. The molecule has 0 saturated heterocycles. The van der Waals surface area contributed by atoms with Gasteiger partial charge >= 0.3 is 6.18 Å². The molecule has 0 aliphatic heterocycles. The number of hydrogen-bond donors (Lipinski definition) is 2. The molecule has 0 spiro atoms. The first kappa shape index (κ1) is 23.5. The van der Waals surface area contributed by atoms with Crippen LogP contribution in [0.1, 0.15) is 24.0 Å². The van der Waals surface area contributed by atoms with E-state index >= 15 is 0 Å². The van der Waals surface area contributed by atoms with E-state index in [4.69, 9.17) is 19.9 Å². The van der Waals surface area contributed by atoms with Crippen LogP contribution in [0, 0.1) is 6.92 Å². The van der Waals surface area contributed by atoms with Gasteiger partial charge in [-0.05, 0) is 50.1 Å². The van der Waals surface area contributed by atoms with Crippen LogP contribution in [0.5, 0.6) is 23.1 Å². The van der Waals surface area contributed by atoms with Crippen molar-refractivity contribution in [3.63, 3.8) is 0 Å². The molecule has 0 fully saturated rings. The van der Waals surface area contributed by atoms with Crippen LogP contribution >= 0.6 is 0 Å². The zero-order chi connectivity index (χ0) is 23.3. The van der Waals surface area contributed by atoms with Crippen molar-refractivity contribution in [3.8, 4) is 23.1 Å². The van der Waals surface area contributed by atoms with E-state index in [1.807, 2.05) is 6.92 Å². The average Bonchev–Trinajstić information content (AvgIpc) is 2.77. The molecule has 1 heterocycles. The fraction of sp³-hybridized carbons (Fsp3) is 0.348. The number of nitrogens with zero attached hydrogens (tertiary/aromatic N) is 1. The van der Waals surface area contributed by atoms with Crippen molar-refractivity contribution in [1.82, 2.24) is 4.98 Å². The summed E-state index contributed by atoms with van der Waals surface area (Å²) < 4.78 is 56.3. The highest BCUT2D eigenvalue weighted by Gasteiger charge is 2.31. The largest absolute Gasteiger partial charge is 0.493 e. The van der Waals surface area contributed by atoms with Crippen LogP contribution in [0.4, 0.5) is 18.9 Å². The number of alkyl halides is 3. The molecule has 9 heteroatoms. The fourth-order valence-corrected chi connectivity index (χ4v) is 3.35. The summed E-state index contributed by atoms with van der Waals surface area (Å²) in [6.45, 7) is 3.12. The predicted octanol–water partition coefficient (Wildman–Crippen LogP) is 5.52. The molecule has 0 saturated carbocycles. The smallest absolute Gasteiger partial charge is 0.416 e. The van der Waals surface area contributed by atoms with Gasteiger partial charge in [0.05, 0.1) is 30.9 Å². The van der Waals surface area contributed by atoms with E-state index in [9.17, 15) is 13.2 Å². The Bertz CT molecular complexity index is 1090. The Balaban J connectivity index is 2.13. The summed E-state index contributed by atoms with van der Waals surface area (Å²) in [7, 11) is 3.00. The minimum Gasteiger partial charge on any atom is -0.493 e. The maximum Gasteiger partial charge on any atom is 0.416 e. The summed E-state index contributed by atoms with van der Waals surface area (Å²) in [6.07, 6.45) is -2.74. The molecule has 172 valence electrons. The van der Waals surface area contributed by atoms with Crippen LogP contribution in [-0.2, 0) is 6.18 Å². The molecule has 0 unspecified atom stereocenters. The highest BCUT2D eigenvalue weighted by atomic mass is 19.4. The number of aromatic nitrogens is 1. The lowest BCUT2D eigenvalue weighted by atomic mass is 10.1. The monoisotopic (exact) mass is 449 g/mol. The average molecular weight is 449 g/mol. The van der Waals surface area contributed by atoms with Crippen LogP contribution in [0.25, 0.3) is 10.9 Å². The van der Waals surface area contributed by atoms with Crippen molar-refractivity contribution in [2.24, 2.45) is 5.73 Å². The number of methoxy groups -OCH3 is 2. The normalized spacial score (nSPS) is 11.5. The quantitative estimate of drug-likeness (QED) is 0.419. The maximum absolute atomic E-state index is 13.2. The van der Waals surface area contributed by atoms with Gasteiger partial charge in [-0.25, -0.2) is 4.98 Å². The Kier molecular flexibility index (Phi) is 7.29. The number of rotatable bonds is 9. The number of fused-ring (bicyclic) bond motifs is 1. The summed E-state index contributed by atoms with van der Waals surface area (Å²) in [5.41, 5.74) is 6.81. The number of hydrogen-bond acceptors (Lipinski definition) is 6. The molecular weight excluding hydrogens is 423 g/mol. The van der Waals surface area contributed by atoms with E-state index in [1.54, 1.807) is 12.1 Å². The third-order valence-electron chi connectivity index (χ3n) is 4.93. The molecule has 0 aliphatic rings. The molecule has 3 rings (SSSR count). The summed E-state index contributed by atoms with van der Waals surface area (Å²) >= 11 is 0. The lowest BCUT2D eigenvalue weighted by molar-refractivity contribution is -0.137. The highest BCUT2D eigenvalue weighted by Crippen LogP contribution is 2.44. The van der Waals surface area contributed by atoms with E-state index in [2.05, 4.69) is 10.3 Å². The summed E-state index contributed by atoms with van der Waals surface area (Å²) in [6, 6.07) is 8.17. The van der Waals surface area contributed by atoms with Gasteiger partial charge in [-0.1, -0.05) is 6.07 Å². The van der Waals surface area contributed by atoms with Crippen molar-refractivity contribution < 1.29 is 27.4 Å². The van der Waals surface area contributed by atoms with Crippen molar-refractivity contribution in [3.05, 3.63) is 47.5 Å². The third kappa shape index (κ3) is 5.16. The summed E-state index contributed by atoms with van der Waals surface area (Å²) in [4.78, 5) is 4.56. The molecule has 0 amide bonds. The topological polar surface area (TPSA) is 78.6 Å². The number of anilines is 1. The van der Waals surface area contributed by atoms with Gasteiger partial charge in [0.25, 0.3) is 0 Å². The number of aryl methyl sites for hydroxylation is 1. The SMILES string of the molecule is COc1cc(C)c2c(Oc3cccc(C(F)(F)F)c3)c(OC)cc(NCCCCN)c2n1. The van der Waals surface area contributed by atoms with Crippen molar-refractivity contribution in [2.45, 2.75) is 25.9 Å². The second-order valence-corrected chi connectivity index (χ2v) is 7.21. The number of benzene rings is 2. The van der Waals surface area contributed by atoms with Gasteiger partial charge in [0.2, 0.25) is 5.88 Å². The second-order valence-electron chi connectivity index (χ2n) is 7.21. The van der Waals surface area contributed by atoms with E-state index in [0.717, 1.165) is 30.5 Å². The Morgan fingerprint density at radius 3 is 2.50 bits per heavy atom. The number of unbranched alkanes of at least 4 members (excludes halogenated alkanes) is 1. The molecule has 3 aromatic rings. The number of pyridine rings is 1. The maximum atomic E-state index is 13.2. The zero-order valence-electron chi connectivity index (χ0n) is 18.2. The van der Waals surface area contributed by atoms with Gasteiger partial charge < -0.3 is 25.3 Å². The number of nitrogens with one attached hydrogen (secondary N) is 1. The van der Waals surface area contributed by atoms with Gasteiger partial charge in [0.15, 0.2) is 11.5 Å². The zero-order valence-corrected chi connectivity index (χ0v) is 18.2. The minimum atomic E-state index is -4.48. The van der Waals surface area contributed by atoms with E-state index in [0.29, 0.717) is 41.3 Å². The molecule has 3 N–H and O–H groups in total. The van der Waals surface area contributed by atoms with Gasteiger partial charge in [-0.3, -0.25) is 0 Å². The number of nitrogens with two attached hydrogens (primary N) is 1. The van der Waals surface area contributed by atoms with Crippen molar-refractivity contribution >= 4 is 16.6 Å². The number of halogens is 3. The molecule has 32 heavy (non-hydrogen) atoms. The van der Waals surface area contributed by atoms with E-state index < -0.39 is 11.7 Å². The fourth-order valence-electron chi connectivity index (χ4n) is 3.35. The first-order chi connectivity index (χ1) is 15.3. The Morgan fingerprint density at radius 2 is 1.84 bits per heavy atom. The molecule has 0 radical (unpaired) electrons. The molecule has 6 nitrogen and oxygen atoms in total. The van der Waals surface area contributed by atoms with Crippen LogP contribution < -0.4 is 25.3 Å². The van der Waals surface area contributed by atoms with Gasteiger partial charge in [-0.2, -0.15) is 13.2 Å².